The summed E-state index contributed by atoms with van der Waals surface area (Å²) in [4.78, 5) is 28.2. The van der Waals surface area contributed by atoms with Gasteiger partial charge in [-0.2, -0.15) is 0 Å². The second-order valence-electron chi connectivity index (χ2n) is 5.93. The number of thiophene rings is 1. The lowest BCUT2D eigenvalue weighted by Gasteiger charge is -2.19. The van der Waals surface area contributed by atoms with E-state index in [2.05, 4.69) is 17.9 Å². The summed E-state index contributed by atoms with van der Waals surface area (Å²) in [5, 5.41) is 4.91. The van der Waals surface area contributed by atoms with Crippen LogP contribution in [0.5, 0.6) is 0 Å². The van der Waals surface area contributed by atoms with Crippen molar-refractivity contribution in [3.05, 3.63) is 57.1 Å². The van der Waals surface area contributed by atoms with Gasteiger partial charge in [0.25, 0.3) is 5.91 Å². The summed E-state index contributed by atoms with van der Waals surface area (Å²) >= 11 is 7.56. The predicted octanol–water partition coefficient (Wildman–Crippen LogP) is 4.61. The van der Waals surface area contributed by atoms with E-state index in [0.717, 1.165) is 16.1 Å². The van der Waals surface area contributed by atoms with Crippen molar-refractivity contribution in [2.75, 3.05) is 11.9 Å². The van der Waals surface area contributed by atoms with Gasteiger partial charge in [0.2, 0.25) is 5.91 Å². The molecule has 1 aliphatic rings. The molecule has 2 heterocycles. The number of nitrogens with zero attached hydrogens (tertiary/aromatic N) is 1. The molecule has 3 rings (SSSR count). The molecule has 1 saturated heterocycles. The predicted molar refractivity (Wildman–Crippen MR) is 113 cm³/mol. The van der Waals surface area contributed by atoms with E-state index in [-0.39, 0.29) is 16.5 Å². The van der Waals surface area contributed by atoms with Gasteiger partial charge in [-0.1, -0.05) is 36.0 Å². The Morgan fingerprint density at radius 1 is 1.31 bits per heavy atom. The fraction of sp³-hybridized carbons (Fsp3) is 0.263. The number of benzene rings is 1. The molecule has 4 nitrogen and oxygen atoms in total. The van der Waals surface area contributed by atoms with Crippen LogP contribution in [-0.2, 0) is 9.59 Å². The Morgan fingerprint density at radius 3 is 2.85 bits per heavy atom. The van der Waals surface area contributed by atoms with E-state index in [4.69, 9.17) is 0 Å². The molecule has 136 valence electrons. The highest BCUT2D eigenvalue weighted by atomic mass is 32.2. The number of para-hydroxylation sites is 1. The molecule has 1 fully saturated rings. The average Bonchev–Trinajstić information content (AvgIpc) is 3.21. The van der Waals surface area contributed by atoms with Gasteiger partial charge in [0, 0.05) is 23.5 Å². The Bertz CT molecular complexity index is 818. The van der Waals surface area contributed by atoms with Gasteiger partial charge >= 0.3 is 0 Å². The topological polar surface area (TPSA) is 49.4 Å². The van der Waals surface area contributed by atoms with Gasteiger partial charge in [-0.3, -0.25) is 9.59 Å². The highest BCUT2D eigenvalue weighted by Gasteiger charge is 2.33. The molecule has 0 saturated carbocycles. The first-order chi connectivity index (χ1) is 12.5. The zero-order chi connectivity index (χ0) is 18.5. The first kappa shape index (κ1) is 19.1. The zero-order valence-corrected chi connectivity index (χ0v) is 16.9. The van der Waals surface area contributed by atoms with E-state index in [9.17, 15) is 9.59 Å². The maximum atomic E-state index is 12.5. The number of thioether (sulfide) groups is 1. The van der Waals surface area contributed by atoms with Crippen LogP contribution in [0.2, 0.25) is 0 Å². The third-order valence-electron chi connectivity index (χ3n) is 4.01. The lowest BCUT2D eigenvalue weighted by atomic mass is 10.2. The normalized spacial score (nSPS) is 18.5. The summed E-state index contributed by atoms with van der Waals surface area (Å²) in [6.07, 6.45) is 2.88. The van der Waals surface area contributed by atoms with Crippen molar-refractivity contribution in [3.8, 4) is 0 Å². The van der Waals surface area contributed by atoms with Gasteiger partial charge in [-0.15, -0.1) is 24.0 Å². The number of nitrogens with one attached hydrogen (secondary N) is 1. The minimum absolute atomic E-state index is 0.0114. The molecule has 1 N–H and O–H groups in total. The van der Waals surface area contributed by atoms with Crippen molar-refractivity contribution >= 4 is 59.3 Å². The summed E-state index contributed by atoms with van der Waals surface area (Å²) in [6.45, 7) is 2.48. The molecule has 2 amide bonds. The number of carbonyl (C=O) groups excluding carboxylic acids is 2. The van der Waals surface area contributed by atoms with Crippen molar-refractivity contribution < 1.29 is 9.59 Å². The monoisotopic (exact) mass is 404 g/mol. The van der Waals surface area contributed by atoms with Crippen molar-refractivity contribution in [3.63, 3.8) is 0 Å². The Morgan fingerprint density at radius 2 is 2.12 bits per heavy atom. The quantitative estimate of drug-likeness (QED) is 0.546. The lowest BCUT2D eigenvalue weighted by molar-refractivity contribution is -0.125. The molecule has 7 heteroatoms. The van der Waals surface area contributed by atoms with Crippen LogP contribution in [0.15, 0.2) is 46.7 Å². The third-order valence-corrected chi connectivity index (χ3v) is 6.44. The summed E-state index contributed by atoms with van der Waals surface area (Å²) < 4.78 is -0.201. The maximum absolute atomic E-state index is 12.5. The first-order valence-corrected chi connectivity index (χ1v) is 10.6. The Labute approximate surface area is 167 Å². The second-order valence-corrected chi connectivity index (χ2v) is 8.87. The van der Waals surface area contributed by atoms with Gasteiger partial charge in [-0.05, 0) is 42.5 Å². The van der Waals surface area contributed by atoms with E-state index in [1.165, 1.54) is 11.8 Å². The molecule has 1 unspecified atom stereocenters. The number of hydrogen-bond acceptors (Lipinski definition) is 5. The molecule has 1 aromatic heterocycles. The fourth-order valence-corrected chi connectivity index (χ4v) is 4.88. The standard InChI is InChI=1S/C19H20N2O2S3/c1-13-6-2-3-8-15(13)20-17(22)9-4-10-21-18(23)16(26-19(21)24)12-14-7-5-11-25-14/h2-3,5-8,11-12,19,24H,4,9-10H2,1H3,(H,20,22)/b16-12-. The Hall–Kier alpha value is -1.70. The number of amides is 2. The lowest BCUT2D eigenvalue weighted by Crippen LogP contribution is -2.31. The molecule has 0 spiro atoms. The molecule has 1 aromatic carbocycles. The molecular formula is C19H20N2O2S3. The van der Waals surface area contributed by atoms with Gasteiger partial charge < -0.3 is 10.2 Å². The summed E-state index contributed by atoms with van der Waals surface area (Å²) in [6, 6.07) is 11.6. The van der Waals surface area contributed by atoms with Crippen LogP contribution in [0.1, 0.15) is 23.3 Å². The van der Waals surface area contributed by atoms with E-state index in [1.54, 1.807) is 16.2 Å². The number of hydrogen-bond donors (Lipinski definition) is 2. The zero-order valence-electron chi connectivity index (χ0n) is 14.3. The highest BCUT2D eigenvalue weighted by Crippen LogP contribution is 2.38. The van der Waals surface area contributed by atoms with Gasteiger partial charge in [0.05, 0.1) is 4.91 Å². The molecule has 1 aliphatic heterocycles. The van der Waals surface area contributed by atoms with Crippen LogP contribution < -0.4 is 5.32 Å². The highest BCUT2D eigenvalue weighted by molar-refractivity contribution is 8.14. The van der Waals surface area contributed by atoms with Crippen LogP contribution in [0.4, 0.5) is 5.69 Å². The molecule has 26 heavy (non-hydrogen) atoms. The maximum Gasteiger partial charge on any atom is 0.261 e. The molecule has 2 aromatic rings. The third kappa shape index (κ3) is 4.72. The van der Waals surface area contributed by atoms with Crippen molar-refractivity contribution in [2.24, 2.45) is 0 Å². The number of carbonyl (C=O) groups is 2. The van der Waals surface area contributed by atoms with E-state index >= 15 is 0 Å². The van der Waals surface area contributed by atoms with Crippen LogP contribution in [0.3, 0.4) is 0 Å². The fourth-order valence-electron chi connectivity index (χ4n) is 2.62. The van der Waals surface area contributed by atoms with E-state index in [1.807, 2.05) is 54.8 Å². The average molecular weight is 405 g/mol. The summed E-state index contributed by atoms with van der Waals surface area (Å²) in [5.74, 6) is -0.0497. The number of anilines is 1. The molecule has 0 aliphatic carbocycles. The van der Waals surface area contributed by atoms with Crippen LogP contribution in [0.25, 0.3) is 6.08 Å². The number of rotatable bonds is 6. The second kappa shape index (κ2) is 8.79. The Kier molecular flexibility index (Phi) is 6.45. The molecule has 1 atom stereocenters. The largest absolute Gasteiger partial charge is 0.326 e. The smallest absolute Gasteiger partial charge is 0.261 e. The van der Waals surface area contributed by atoms with E-state index < -0.39 is 0 Å². The van der Waals surface area contributed by atoms with Gasteiger partial charge in [0.1, 0.15) is 4.71 Å². The van der Waals surface area contributed by atoms with Crippen molar-refractivity contribution in [2.45, 2.75) is 24.5 Å². The number of aryl methyl sites for hydroxylation is 1. The van der Waals surface area contributed by atoms with Crippen molar-refractivity contribution in [1.82, 2.24) is 4.90 Å². The minimum Gasteiger partial charge on any atom is -0.326 e. The Balaban J connectivity index is 1.51. The molecule has 0 radical (unpaired) electrons. The molecular weight excluding hydrogens is 384 g/mol. The SMILES string of the molecule is Cc1ccccc1NC(=O)CCCN1C(=O)/C(=C/c2cccs2)SC1S. The minimum atomic E-state index is -0.201. The van der Waals surface area contributed by atoms with Gasteiger partial charge in [0.15, 0.2) is 0 Å². The van der Waals surface area contributed by atoms with E-state index in [0.29, 0.717) is 24.3 Å². The van der Waals surface area contributed by atoms with Crippen LogP contribution in [-0.4, -0.2) is 28.0 Å². The van der Waals surface area contributed by atoms with Crippen LogP contribution in [0, 0.1) is 6.92 Å². The number of thiol groups is 1. The summed E-state index contributed by atoms with van der Waals surface area (Å²) in [7, 11) is 0. The molecule has 0 bridgehead atoms. The van der Waals surface area contributed by atoms with Crippen molar-refractivity contribution in [1.29, 1.82) is 0 Å². The first-order valence-electron chi connectivity index (χ1n) is 8.31. The van der Waals surface area contributed by atoms with Gasteiger partial charge in [-0.25, -0.2) is 0 Å². The summed E-state index contributed by atoms with van der Waals surface area (Å²) in [5.41, 5.74) is 1.87. The van der Waals surface area contributed by atoms with Crippen LogP contribution >= 0.6 is 35.7 Å².